The number of hydrogen-bond acceptors (Lipinski definition) is 4. The normalized spacial score (nSPS) is 18.6. The molecule has 1 unspecified atom stereocenters. The maximum Gasteiger partial charge on any atom is 0.303 e. The fourth-order valence-corrected chi connectivity index (χ4v) is 2.20. The molecule has 1 fully saturated rings. The first-order valence-corrected chi connectivity index (χ1v) is 6.82. The first-order chi connectivity index (χ1) is 9.69. The van der Waals surface area contributed by atoms with Gasteiger partial charge in [0, 0.05) is 13.0 Å². The lowest BCUT2D eigenvalue weighted by Gasteiger charge is -2.24. The van der Waals surface area contributed by atoms with Crippen LogP contribution in [0.5, 0.6) is 11.5 Å². The summed E-state index contributed by atoms with van der Waals surface area (Å²) in [6, 6.07) is 5.55. The van der Waals surface area contributed by atoms with Gasteiger partial charge in [0.05, 0.1) is 13.7 Å². The van der Waals surface area contributed by atoms with Crippen molar-refractivity contribution < 1.29 is 24.1 Å². The first-order valence-electron chi connectivity index (χ1n) is 6.82. The minimum Gasteiger partial charge on any atom is -0.493 e. The maximum atomic E-state index is 10.6. The summed E-state index contributed by atoms with van der Waals surface area (Å²) in [5, 5.41) is 8.70. The molecule has 0 spiro atoms. The number of rotatable bonds is 6. The molecule has 0 aliphatic carbocycles. The van der Waals surface area contributed by atoms with Gasteiger partial charge in [0.25, 0.3) is 0 Å². The smallest absolute Gasteiger partial charge is 0.303 e. The largest absolute Gasteiger partial charge is 0.493 e. The Morgan fingerprint density at radius 3 is 2.95 bits per heavy atom. The van der Waals surface area contributed by atoms with E-state index in [1.54, 1.807) is 7.11 Å². The third kappa shape index (κ3) is 4.13. The highest BCUT2D eigenvalue weighted by molar-refractivity contribution is 5.67. The van der Waals surface area contributed by atoms with Crippen LogP contribution in [-0.4, -0.2) is 37.5 Å². The van der Waals surface area contributed by atoms with Gasteiger partial charge in [0.2, 0.25) is 0 Å². The van der Waals surface area contributed by atoms with E-state index in [0.717, 1.165) is 25.0 Å². The van der Waals surface area contributed by atoms with Crippen molar-refractivity contribution in [1.82, 2.24) is 0 Å². The van der Waals surface area contributed by atoms with Gasteiger partial charge in [-0.1, -0.05) is 6.07 Å². The summed E-state index contributed by atoms with van der Waals surface area (Å²) in [7, 11) is 1.58. The molecule has 1 aromatic rings. The zero-order valence-electron chi connectivity index (χ0n) is 11.6. The van der Waals surface area contributed by atoms with Crippen molar-refractivity contribution in [1.29, 1.82) is 0 Å². The SMILES string of the molecule is COc1cc(CCC(=O)O)ccc1OC1CCCOC1. The van der Waals surface area contributed by atoms with E-state index in [1.807, 2.05) is 18.2 Å². The van der Waals surface area contributed by atoms with Crippen molar-refractivity contribution in [3.63, 3.8) is 0 Å². The van der Waals surface area contributed by atoms with Gasteiger partial charge in [0.15, 0.2) is 11.5 Å². The fraction of sp³-hybridized carbons (Fsp3) is 0.533. The van der Waals surface area contributed by atoms with Crippen molar-refractivity contribution in [2.75, 3.05) is 20.3 Å². The van der Waals surface area contributed by atoms with Crippen molar-refractivity contribution in [2.24, 2.45) is 0 Å². The fourth-order valence-electron chi connectivity index (χ4n) is 2.20. The molecule has 5 heteroatoms. The number of carbonyl (C=O) groups is 1. The standard InChI is InChI=1S/C15H20O5/c1-18-14-9-11(5-7-15(16)17)4-6-13(14)20-12-3-2-8-19-10-12/h4,6,9,12H,2-3,5,7-8,10H2,1H3,(H,16,17). The Morgan fingerprint density at radius 1 is 1.45 bits per heavy atom. The van der Waals surface area contributed by atoms with Crippen molar-refractivity contribution in [3.05, 3.63) is 23.8 Å². The minimum absolute atomic E-state index is 0.0579. The Hall–Kier alpha value is -1.75. The van der Waals surface area contributed by atoms with E-state index in [0.29, 0.717) is 24.5 Å². The molecule has 1 heterocycles. The van der Waals surface area contributed by atoms with Crippen LogP contribution >= 0.6 is 0 Å². The first kappa shape index (κ1) is 14.7. The Labute approximate surface area is 118 Å². The molecule has 0 saturated carbocycles. The van der Waals surface area contributed by atoms with Gasteiger partial charge in [-0.05, 0) is 37.0 Å². The van der Waals surface area contributed by atoms with Gasteiger partial charge in [-0.2, -0.15) is 0 Å². The van der Waals surface area contributed by atoms with Crippen LogP contribution in [0.2, 0.25) is 0 Å². The summed E-state index contributed by atoms with van der Waals surface area (Å²) in [5.74, 6) is 0.518. The number of benzene rings is 1. The minimum atomic E-state index is -0.802. The number of methoxy groups -OCH3 is 1. The van der Waals surface area contributed by atoms with Gasteiger partial charge >= 0.3 is 5.97 Å². The molecule has 0 bridgehead atoms. The lowest BCUT2D eigenvalue weighted by Crippen LogP contribution is -2.28. The lowest BCUT2D eigenvalue weighted by atomic mass is 10.1. The van der Waals surface area contributed by atoms with Crippen molar-refractivity contribution in [2.45, 2.75) is 31.8 Å². The number of aryl methyl sites for hydroxylation is 1. The number of hydrogen-bond donors (Lipinski definition) is 1. The van der Waals surface area contributed by atoms with E-state index in [-0.39, 0.29) is 12.5 Å². The van der Waals surface area contributed by atoms with Crippen LogP contribution in [0.4, 0.5) is 0 Å². The Kier molecular flexibility index (Phi) is 5.24. The molecule has 1 aromatic carbocycles. The Morgan fingerprint density at radius 2 is 2.30 bits per heavy atom. The van der Waals surface area contributed by atoms with Crippen LogP contribution in [0.25, 0.3) is 0 Å². The van der Waals surface area contributed by atoms with Crippen LogP contribution in [0.3, 0.4) is 0 Å². The monoisotopic (exact) mass is 280 g/mol. The number of carboxylic acid groups (broad SMARTS) is 1. The van der Waals surface area contributed by atoms with E-state index in [1.165, 1.54) is 0 Å². The summed E-state index contributed by atoms with van der Waals surface area (Å²) in [6.07, 6.45) is 2.63. The lowest BCUT2D eigenvalue weighted by molar-refractivity contribution is -0.136. The van der Waals surface area contributed by atoms with Gasteiger partial charge in [0.1, 0.15) is 6.10 Å². The van der Waals surface area contributed by atoms with Crippen LogP contribution in [0.1, 0.15) is 24.8 Å². The second kappa shape index (κ2) is 7.14. The molecule has 1 aliphatic rings. The molecule has 1 saturated heterocycles. The number of ether oxygens (including phenoxy) is 3. The number of carboxylic acids is 1. The molecule has 0 aromatic heterocycles. The molecular formula is C15H20O5. The van der Waals surface area contributed by atoms with Crippen molar-refractivity contribution in [3.8, 4) is 11.5 Å². The van der Waals surface area contributed by atoms with Crippen LogP contribution < -0.4 is 9.47 Å². The highest BCUT2D eigenvalue weighted by atomic mass is 16.5. The molecule has 0 amide bonds. The zero-order valence-corrected chi connectivity index (χ0v) is 11.6. The van der Waals surface area contributed by atoms with E-state index in [4.69, 9.17) is 19.3 Å². The molecule has 5 nitrogen and oxygen atoms in total. The van der Waals surface area contributed by atoms with Crippen LogP contribution in [0.15, 0.2) is 18.2 Å². The summed E-state index contributed by atoms with van der Waals surface area (Å²) in [4.78, 5) is 10.6. The molecular weight excluding hydrogens is 260 g/mol. The average molecular weight is 280 g/mol. The molecule has 1 atom stereocenters. The van der Waals surface area contributed by atoms with Gasteiger partial charge in [-0.25, -0.2) is 0 Å². The predicted octanol–water partition coefficient (Wildman–Crippen LogP) is 2.27. The molecule has 0 radical (unpaired) electrons. The summed E-state index contributed by atoms with van der Waals surface area (Å²) in [6.45, 7) is 1.40. The topological polar surface area (TPSA) is 65.0 Å². The van der Waals surface area contributed by atoms with E-state index >= 15 is 0 Å². The third-order valence-corrected chi connectivity index (χ3v) is 3.27. The van der Waals surface area contributed by atoms with E-state index in [9.17, 15) is 4.79 Å². The van der Waals surface area contributed by atoms with Gasteiger partial charge < -0.3 is 19.3 Å². The second-order valence-corrected chi connectivity index (χ2v) is 4.84. The maximum absolute atomic E-state index is 10.6. The predicted molar refractivity (Wildman–Crippen MR) is 73.4 cm³/mol. The highest BCUT2D eigenvalue weighted by Crippen LogP contribution is 2.30. The average Bonchev–Trinajstić information content (AvgIpc) is 2.47. The van der Waals surface area contributed by atoms with Gasteiger partial charge in [-0.15, -0.1) is 0 Å². The van der Waals surface area contributed by atoms with Crippen LogP contribution in [0, 0.1) is 0 Å². The van der Waals surface area contributed by atoms with E-state index in [2.05, 4.69) is 0 Å². The van der Waals surface area contributed by atoms with E-state index < -0.39 is 5.97 Å². The molecule has 110 valence electrons. The van der Waals surface area contributed by atoms with Crippen molar-refractivity contribution >= 4 is 5.97 Å². The summed E-state index contributed by atoms with van der Waals surface area (Å²) in [5.41, 5.74) is 0.927. The zero-order chi connectivity index (χ0) is 14.4. The number of aliphatic carboxylic acids is 1. The highest BCUT2D eigenvalue weighted by Gasteiger charge is 2.17. The summed E-state index contributed by atoms with van der Waals surface area (Å²) >= 11 is 0. The third-order valence-electron chi connectivity index (χ3n) is 3.27. The molecule has 20 heavy (non-hydrogen) atoms. The quantitative estimate of drug-likeness (QED) is 0.866. The molecule has 1 aliphatic heterocycles. The molecule has 1 N–H and O–H groups in total. The van der Waals surface area contributed by atoms with Crippen LogP contribution in [-0.2, 0) is 16.0 Å². The summed E-state index contributed by atoms with van der Waals surface area (Å²) < 4.78 is 16.6. The second-order valence-electron chi connectivity index (χ2n) is 4.84. The van der Waals surface area contributed by atoms with Gasteiger partial charge in [-0.3, -0.25) is 4.79 Å². The Balaban J connectivity index is 2.02. The molecule has 2 rings (SSSR count). The Bertz CT molecular complexity index is 452.